The number of anilines is 2. The molecule has 2 N–H and O–H groups in total. The Balaban J connectivity index is 1.83. The topological polar surface area (TPSA) is 64.0 Å². The van der Waals surface area contributed by atoms with Crippen molar-refractivity contribution in [1.29, 1.82) is 0 Å². The van der Waals surface area contributed by atoms with Crippen molar-refractivity contribution in [3.8, 4) is 11.5 Å². The van der Waals surface area contributed by atoms with Gasteiger partial charge in [-0.3, -0.25) is 9.69 Å². The van der Waals surface area contributed by atoms with Gasteiger partial charge in [0.05, 0.1) is 5.69 Å². The predicted molar refractivity (Wildman–Crippen MR) is 108 cm³/mol. The molecule has 1 heterocycles. The second-order valence-electron chi connectivity index (χ2n) is 6.17. The predicted octanol–water partition coefficient (Wildman–Crippen LogP) is 3.98. The van der Waals surface area contributed by atoms with Crippen LogP contribution in [-0.4, -0.2) is 21.2 Å². The maximum atomic E-state index is 13.3. The number of rotatable bonds is 3. The third-order valence-electron chi connectivity index (χ3n) is 4.46. The first-order valence-electron chi connectivity index (χ1n) is 8.36. The summed E-state index contributed by atoms with van der Waals surface area (Å²) in [5.41, 5.74) is 2.12. The van der Waals surface area contributed by atoms with E-state index in [2.05, 4.69) is 0 Å². The van der Waals surface area contributed by atoms with Crippen molar-refractivity contribution in [3.05, 3.63) is 84.4 Å². The third-order valence-corrected chi connectivity index (χ3v) is 4.84. The van der Waals surface area contributed by atoms with Crippen molar-refractivity contribution in [2.24, 2.45) is 0 Å². The third kappa shape index (κ3) is 3.00. The Morgan fingerprint density at radius 2 is 1.26 bits per heavy atom. The number of phenolic OH excluding ortho intramolecular Hbond substituents is 2. The van der Waals surface area contributed by atoms with Crippen LogP contribution in [0.25, 0.3) is 0 Å². The van der Waals surface area contributed by atoms with Gasteiger partial charge in [0.15, 0.2) is 5.11 Å². The van der Waals surface area contributed by atoms with Crippen LogP contribution in [0.3, 0.4) is 0 Å². The molecule has 0 saturated carbocycles. The maximum absolute atomic E-state index is 13.3. The monoisotopic (exact) mass is 376 g/mol. The summed E-state index contributed by atoms with van der Waals surface area (Å²) < 4.78 is 0. The molecule has 3 aromatic carbocycles. The van der Waals surface area contributed by atoms with Crippen molar-refractivity contribution in [3.63, 3.8) is 0 Å². The summed E-state index contributed by atoms with van der Waals surface area (Å²) in [6, 6.07) is 21.7. The summed E-state index contributed by atoms with van der Waals surface area (Å²) in [5, 5.41) is 19.5. The van der Waals surface area contributed by atoms with E-state index in [1.54, 1.807) is 41.3 Å². The standard InChI is InChI=1S/C21H16N2O3S/c24-17-10-6-15(7-11-17)22-19(14-4-2-1-3-5-14)20(26)23(21(22)27)16-8-12-18(25)13-9-16/h1-13,19,24-25H. The van der Waals surface area contributed by atoms with Gasteiger partial charge in [-0.15, -0.1) is 0 Å². The van der Waals surface area contributed by atoms with Crippen LogP contribution < -0.4 is 9.80 Å². The average molecular weight is 376 g/mol. The molecule has 3 aromatic rings. The zero-order chi connectivity index (χ0) is 19.0. The minimum absolute atomic E-state index is 0.117. The number of carbonyl (C=O) groups excluding carboxylic acids is 1. The van der Waals surface area contributed by atoms with Gasteiger partial charge in [-0.2, -0.15) is 0 Å². The van der Waals surface area contributed by atoms with Crippen LogP contribution in [0.1, 0.15) is 11.6 Å². The van der Waals surface area contributed by atoms with Crippen molar-refractivity contribution in [1.82, 2.24) is 0 Å². The second kappa shape index (κ2) is 6.74. The van der Waals surface area contributed by atoms with E-state index in [1.165, 1.54) is 17.0 Å². The summed E-state index contributed by atoms with van der Waals surface area (Å²) >= 11 is 5.65. The Kier molecular flexibility index (Phi) is 4.25. The van der Waals surface area contributed by atoms with E-state index in [0.29, 0.717) is 16.5 Å². The summed E-state index contributed by atoms with van der Waals surface area (Å²) in [5.74, 6) is 0.0816. The lowest BCUT2D eigenvalue weighted by Gasteiger charge is -2.24. The molecule has 0 aromatic heterocycles. The fourth-order valence-corrected chi connectivity index (χ4v) is 3.59. The van der Waals surface area contributed by atoms with Gasteiger partial charge in [-0.1, -0.05) is 30.3 Å². The van der Waals surface area contributed by atoms with E-state index in [9.17, 15) is 15.0 Å². The number of hydrogen-bond acceptors (Lipinski definition) is 4. The van der Waals surface area contributed by atoms with Crippen LogP contribution in [0.5, 0.6) is 11.5 Å². The minimum Gasteiger partial charge on any atom is -0.508 e. The molecule has 0 radical (unpaired) electrons. The molecule has 134 valence electrons. The van der Waals surface area contributed by atoms with Crippen LogP contribution in [0.2, 0.25) is 0 Å². The Morgan fingerprint density at radius 3 is 1.81 bits per heavy atom. The largest absolute Gasteiger partial charge is 0.508 e. The van der Waals surface area contributed by atoms with Gasteiger partial charge in [0.1, 0.15) is 17.5 Å². The second-order valence-corrected chi connectivity index (χ2v) is 6.54. The Morgan fingerprint density at radius 1 is 0.741 bits per heavy atom. The van der Waals surface area contributed by atoms with Gasteiger partial charge in [-0.05, 0) is 66.3 Å². The summed E-state index contributed by atoms with van der Waals surface area (Å²) in [4.78, 5) is 16.6. The first-order valence-corrected chi connectivity index (χ1v) is 8.77. The molecule has 0 aliphatic carbocycles. The first kappa shape index (κ1) is 17.1. The van der Waals surface area contributed by atoms with E-state index in [4.69, 9.17) is 12.2 Å². The highest BCUT2D eigenvalue weighted by atomic mass is 32.1. The van der Waals surface area contributed by atoms with Crippen molar-refractivity contribution < 1.29 is 15.0 Å². The number of phenols is 2. The number of benzene rings is 3. The number of nitrogens with zero attached hydrogens (tertiary/aromatic N) is 2. The van der Waals surface area contributed by atoms with Crippen LogP contribution >= 0.6 is 12.2 Å². The van der Waals surface area contributed by atoms with Gasteiger partial charge in [0.2, 0.25) is 0 Å². The lowest BCUT2D eigenvalue weighted by molar-refractivity contribution is -0.118. The minimum atomic E-state index is -0.614. The molecule has 1 atom stereocenters. The van der Waals surface area contributed by atoms with E-state index in [0.717, 1.165) is 5.56 Å². The Hall–Kier alpha value is -3.38. The van der Waals surface area contributed by atoms with Crippen LogP contribution in [0.4, 0.5) is 11.4 Å². The smallest absolute Gasteiger partial charge is 0.261 e. The van der Waals surface area contributed by atoms with Crippen molar-refractivity contribution in [2.45, 2.75) is 6.04 Å². The molecular formula is C21H16N2O3S. The Labute approximate surface area is 161 Å². The zero-order valence-electron chi connectivity index (χ0n) is 14.2. The maximum Gasteiger partial charge on any atom is 0.261 e. The highest BCUT2D eigenvalue weighted by Gasteiger charge is 2.44. The molecular weight excluding hydrogens is 360 g/mol. The first-order chi connectivity index (χ1) is 13.1. The quantitative estimate of drug-likeness (QED) is 0.677. The van der Waals surface area contributed by atoms with Crippen molar-refractivity contribution in [2.75, 3.05) is 9.80 Å². The van der Waals surface area contributed by atoms with Crippen LogP contribution in [0, 0.1) is 0 Å². The molecule has 5 nitrogen and oxygen atoms in total. The lowest BCUT2D eigenvalue weighted by Crippen LogP contribution is -2.32. The molecule has 6 heteroatoms. The van der Waals surface area contributed by atoms with E-state index in [1.807, 2.05) is 30.3 Å². The number of thiocarbonyl (C=S) groups is 1. The van der Waals surface area contributed by atoms with Gasteiger partial charge in [0.25, 0.3) is 5.91 Å². The molecule has 1 aliphatic rings. The molecule has 1 amide bonds. The van der Waals surface area contributed by atoms with Crippen molar-refractivity contribution >= 4 is 34.6 Å². The van der Waals surface area contributed by atoms with Gasteiger partial charge < -0.3 is 15.1 Å². The number of carbonyl (C=O) groups is 1. The van der Waals surface area contributed by atoms with E-state index in [-0.39, 0.29) is 17.4 Å². The molecule has 1 aliphatic heterocycles. The molecule has 1 unspecified atom stereocenters. The molecule has 4 rings (SSSR count). The Bertz CT molecular complexity index is 988. The number of aromatic hydroxyl groups is 2. The lowest BCUT2D eigenvalue weighted by atomic mass is 10.1. The molecule has 0 spiro atoms. The van der Waals surface area contributed by atoms with Gasteiger partial charge in [0, 0.05) is 5.69 Å². The highest BCUT2D eigenvalue weighted by Crippen LogP contribution is 2.38. The number of hydrogen-bond donors (Lipinski definition) is 2. The van der Waals surface area contributed by atoms with E-state index >= 15 is 0 Å². The summed E-state index contributed by atoms with van der Waals surface area (Å²) in [6.45, 7) is 0. The van der Waals surface area contributed by atoms with Crippen LogP contribution in [-0.2, 0) is 4.79 Å². The van der Waals surface area contributed by atoms with Gasteiger partial charge >= 0.3 is 0 Å². The summed E-state index contributed by atoms with van der Waals surface area (Å²) in [6.07, 6.45) is 0. The average Bonchev–Trinajstić information content (AvgIpc) is 2.94. The SMILES string of the molecule is O=C1C(c2ccccc2)N(c2ccc(O)cc2)C(=S)N1c1ccc(O)cc1. The molecule has 0 bridgehead atoms. The number of amides is 1. The fraction of sp³-hybridized carbons (Fsp3) is 0.0476. The van der Waals surface area contributed by atoms with Gasteiger partial charge in [-0.25, -0.2) is 0 Å². The fourth-order valence-electron chi connectivity index (χ4n) is 3.18. The summed E-state index contributed by atoms with van der Waals surface area (Å²) in [7, 11) is 0. The molecule has 27 heavy (non-hydrogen) atoms. The zero-order valence-corrected chi connectivity index (χ0v) is 15.0. The molecule has 1 saturated heterocycles. The highest BCUT2D eigenvalue weighted by molar-refractivity contribution is 7.81. The molecule has 1 fully saturated rings. The van der Waals surface area contributed by atoms with Crippen LogP contribution in [0.15, 0.2) is 78.9 Å². The van der Waals surface area contributed by atoms with E-state index < -0.39 is 6.04 Å². The normalized spacial score (nSPS) is 16.8.